The van der Waals surface area contributed by atoms with Gasteiger partial charge in [-0.25, -0.2) is 4.79 Å². The van der Waals surface area contributed by atoms with E-state index in [-0.39, 0.29) is 29.2 Å². The average Bonchev–Trinajstić information content (AvgIpc) is 2.45. The minimum absolute atomic E-state index is 0.0849. The van der Waals surface area contributed by atoms with Crippen molar-refractivity contribution in [2.75, 3.05) is 13.7 Å². The van der Waals surface area contributed by atoms with E-state index in [1.165, 1.54) is 25.3 Å². The summed E-state index contributed by atoms with van der Waals surface area (Å²) < 4.78 is 9.24. The van der Waals surface area contributed by atoms with E-state index >= 15 is 0 Å². The number of hydrogen-bond acceptors (Lipinski definition) is 6. The van der Waals surface area contributed by atoms with Gasteiger partial charge in [0.15, 0.2) is 0 Å². The molecule has 0 bridgehead atoms. The summed E-state index contributed by atoms with van der Waals surface area (Å²) in [6.07, 6.45) is -2.99. The standard InChI is InChI=1S/C14H17ClO6/c1-3-21-12(17)7-11(16)13(18)8-4-5-9(10(15)6-8)14(19)20-2/h4-6,11,13,16,18H,3,7H2,1-2H3. The number of halogens is 1. The van der Waals surface area contributed by atoms with Crippen LogP contribution >= 0.6 is 11.6 Å². The molecule has 0 aromatic heterocycles. The fourth-order valence-electron chi connectivity index (χ4n) is 1.72. The zero-order chi connectivity index (χ0) is 16.0. The molecule has 1 aromatic carbocycles. The summed E-state index contributed by atoms with van der Waals surface area (Å²) in [4.78, 5) is 22.6. The number of carbonyl (C=O) groups excluding carboxylic acids is 2. The minimum atomic E-state index is -1.33. The molecule has 0 heterocycles. The highest BCUT2D eigenvalue weighted by Gasteiger charge is 2.23. The molecule has 0 saturated carbocycles. The van der Waals surface area contributed by atoms with Gasteiger partial charge in [0.25, 0.3) is 0 Å². The van der Waals surface area contributed by atoms with Crippen LogP contribution in [0.5, 0.6) is 0 Å². The molecule has 116 valence electrons. The van der Waals surface area contributed by atoms with E-state index in [0.29, 0.717) is 0 Å². The first-order chi connectivity index (χ1) is 9.90. The molecule has 21 heavy (non-hydrogen) atoms. The van der Waals surface area contributed by atoms with Crippen molar-refractivity contribution in [2.24, 2.45) is 0 Å². The molecule has 1 aromatic rings. The smallest absolute Gasteiger partial charge is 0.339 e. The molecular formula is C14H17ClO6. The SMILES string of the molecule is CCOC(=O)CC(O)C(O)c1ccc(C(=O)OC)c(Cl)c1. The second-order valence-electron chi connectivity index (χ2n) is 4.25. The van der Waals surface area contributed by atoms with Gasteiger partial charge in [0.05, 0.1) is 36.8 Å². The Morgan fingerprint density at radius 3 is 2.52 bits per heavy atom. The molecular weight excluding hydrogens is 300 g/mol. The van der Waals surface area contributed by atoms with E-state index in [0.717, 1.165) is 0 Å². The van der Waals surface area contributed by atoms with Crippen molar-refractivity contribution in [3.05, 3.63) is 34.3 Å². The molecule has 0 aliphatic carbocycles. The van der Waals surface area contributed by atoms with Crippen LogP contribution in [0.1, 0.15) is 35.4 Å². The molecule has 2 atom stereocenters. The maximum atomic E-state index is 11.4. The Kier molecular flexibility index (Phi) is 6.61. The number of carbonyl (C=O) groups is 2. The third kappa shape index (κ3) is 4.70. The van der Waals surface area contributed by atoms with Crippen LogP contribution in [-0.2, 0) is 14.3 Å². The van der Waals surface area contributed by atoms with E-state index in [1.54, 1.807) is 6.92 Å². The van der Waals surface area contributed by atoms with Crippen molar-refractivity contribution in [2.45, 2.75) is 25.6 Å². The number of rotatable bonds is 6. The van der Waals surface area contributed by atoms with Gasteiger partial charge in [0.2, 0.25) is 0 Å². The lowest BCUT2D eigenvalue weighted by atomic mass is 10.0. The third-order valence-corrected chi connectivity index (χ3v) is 3.10. The lowest BCUT2D eigenvalue weighted by Crippen LogP contribution is -2.23. The maximum absolute atomic E-state index is 11.4. The molecule has 0 amide bonds. The summed E-state index contributed by atoms with van der Waals surface area (Å²) in [7, 11) is 1.23. The monoisotopic (exact) mass is 316 g/mol. The molecule has 0 saturated heterocycles. The lowest BCUT2D eigenvalue weighted by molar-refractivity contribution is -0.147. The minimum Gasteiger partial charge on any atom is -0.466 e. The van der Waals surface area contributed by atoms with E-state index < -0.39 is 24.1 Å². The Hall–Kier alpha value is -1.63. The van der Waals surface area contributed by atoms with Crippen LogP contribution in [0.15, 0.2) is 18.2 Å². The number of ether oxygens (including phenoxy) is 2. The van der Waals surface area contributed by atoms with Gasteiger partial charge in [0.1, 0.15) is 6.10 Å². The highest BCUT2D eigenvalue weighted by atomic mass is 35.5. The van der Waals surface area contributed by atoms with Crippen LogP contribution in [0.3, 0.4) is 0 Å². The summed E-state index contributed by atoms with van der Waals surface area (Å²) in [6, 6.07) is 4.15. The Bertz CT molecular complexity index is 516. The maximum Gasteiger partial charge on any atom is 0.339 e. The van der Waals surface area contributed by atoms with E-state index in [4.69, 9.17) is 16.3 Å². The van der Waals surface area contributed by atoms with Gasteiger partial charge in [-0.2, -0.15) is 0 Å². The molecule has 2 N–H and O–H groups in total. The predicted molar refractivity (Wildman–Crippen MR) is 75.0 cm³/mol. The lowest BCUT2D eigenvalue weighted by Gasteiger charge is -2.18. The molecule has 6 nitrogen and oxygen atoms in total. The first-order valence-corrected chi connectivity index (χ1v) is 6.68. The molecule has 1 rings (SSSR count). The molecule has 7 heteroatoms. The predicted octanol–water partition coefficient (Wildman–Crippen LogP) is 1.47. The molecule has 0 fully saturated rings. The van der Waals surface area contributed by atoms with Gasteiger partial charge in [-0.3, -0.25) is 4.79 Å². The summed E-state index contributed by atoms with van der Waals surface area (Å²) >= 11 is 5.92. The molecule has 0 spiro atoms. The third-order valence-electron chi connectivity index (χ3n) is 2.79. The van der Waals surface area contributed by atoms with Crippen LogP contribution in [0.2, 0.25) is 5.02 Å². The van der Waals surface area contributed by atoms with Crippen LogP contribution in [0.25, 0.3) is 0 Å². The Balaban J connectivity index is 2.83. The van der Waals surface area contributed by atoms with Gasteiger partial charge in [-0.05, 0) is 24.6 Å². The van der Waals surface area contributed by atoms with Gasteiger partial charge >= 0.3 is 11.9 Å². The largest absolute Gasteiger partial charge is 0.466 e. The van der Waals surface area contributed by atoms with Crippen LogP contribution in [0.4, 0.5) is 0 Å². The summed E-state index contributed by atoms with van der Waals surface area (Å²) in [5.74, 6) is -1.21. The number of hydrogen-bond donors (Lipinski definition) is 2. The molecule has 2 unspecified atom stereocenters. The second kappa shape index (κ2) is 7.97. The first-order valence-electron chi connectivity index (χ1n) is 6.30. The van der Waals surface area contributed by atoms with E-state index in [1.807, 2.05) is 0 Å². The van der Waals surface area contributed by atoms with E-state index in [2.05, 4.69) is 4.74 Å². The first kappa shape index (κ1) is 17.4. The van der Waals surface area contributed by atoms with Crippen molar-refractivity contribution < 1.29 is 29.3 Å². The van der Waals surface area contributed by atoms with Crippen LogP contribution in [0, 0.1) is 0 Å². The highest BCUT2D eigenvalue weighted by Crippen LogP contribution is 2.25. The fraction of sp³-hybridized carbons (Fsp3) is 0.429. The van der Waals surface area contributed by atoms with Crippen LogP contribution in [-0.4, -0.2) is 42.0 Å². The Morgan fingerprint density at radius 1 is 1.33 bits per heavy atom. The van der Waals surface area contributed by atoms with Crippen LogP contribution < -0.4 is 0 Å². The second-order valence-corrected chi connectivity index (χ2v) is 4.66. The van der Waals surface area contributed by atoms with Gasteiger partial charge in [0, 0.05) is 0 Å². The highest BCUT2D eigenvalue weighted by molar-refractivity contribution is 6.33. The Morgan fingerprint density at radius 2 is 2.00 bits per heavy atom. The number of methoxy groups -OCH3 is 1. The van der Waals surface area contributed by atoms with Crippen molar-refractivity contribution in [3.63, 3.8) is 0 Å². The topological polar surface area (TPSA) is 93.1 Å². The quantitative estimate of drug-likeness (QED) is 0.772. The van der Waals surface area contributed by atoms with Crippen molar-refractivity contribution in [1.29, 1.82) is 0 Å². The van der Waals surface area contributed by atoms with Crippen molar-refractivity contribution >= 4 is 23.5 Å². The molecule has 0 aliphatic rings. The number of aliphatic hydroxyl groups excluding tert-OH is 2. The van der Waals surface area contributed by atoms with Crippen molar-refractivity contribution in [3.8, 4) is 0 Å². The van der Waals surface area contributed by atoms with Crippen molar-refractivity contribution in [1.82, 2.24) is 0 Å². The summed E-state index contributed by atoms with van der Waals surface area (Å²) in [5, 5.41) is 19.9. The fourth-order valence-corrected chi connectivity index (χ4v) is 1.98. The zero-order valence-corrected chi connectivity index (χ0v) is 12.5. The van der Waals surface area contributed by atoms with Gasteiger partial charge in [-0.15, -0.1) is 0 Å². The zero-order valence-electron chi connectivity index (χ0n) is 11.7. The number of aliphatic hydroxyl groups is 2. The summed E-state index contributed by atoms with van der Waals surface area (Å²) in [6.45, 7) is 1.84. The normalized spacial score (nSPS) is 13.4. The summed E-state index contributed by atoms with van der Waals surface area (Å²) in [5.41, 5.74) is 0.430. The number of esters is 2. The van der Waals surface area contributed by atoms with Gasteiger partial charge < -0.3 is 19.7 Å². The Labute approximate surface area is 127 Å². The molecule has 0 aliphatic heterocycles. The molecule has 0 radical (unpaired) electrons. The van der Waals surface area contributed by atoms with E-state index in [9.17, 15) is 19.8 Å². The average molecular weight is 317 g/mol. The number of benzene rings is 1. The van der Waals surface area contributed by atoms with Gasteiger partial charge in [-0.1, -0.05) is 17.7 Å².